The molecule has 4 nitrogen and oxygen atoms in total. The summed E-state index contributed by atoms with van der Waals surface area (Å²) in [6, 6.07) is 9.60. The molecule has 108 valence electrons. The van der Waals surface area contributed by atoms with Crippen molar-refractivity contribution >= 4 is 11.9 Å². The van der Waals surface area contributed by atoms with E-state index in [1.165, 1.54) is 12.7 Å². The minimum absolute atomic E-state index is 0.0138. The molecule has 1 aliphatic carbocycles. The Morgan fingerprint density at radius 2 is 2.00 bits per heavy atom. The molecule has 1 aromatic rings. The van der Waals surface area contributed by atoms with Gasteiger partial charge in [0.05, 0.1) is 7.11 Å². The molecule has 0 spiro atoms. The van der Waals surface area contributed by atoms with E-state index in [1.54, 1.807) is 0 Å². The van der Waals surface area contributed by atoms with E-state index >= 15 is 0 Å². The number of benzene rings is 1. The summed E-state index contributed by atoms with van der Waals surface area (Å²) in [5.74, 6) is -0.261. The lowest BCUT2D eigenvalue weighted by Gasteiger charge is -2.16. The van der Waals surface area contributed by atoms with Crippen molar-refractivity contribution in [3.8, 4) is 0 Å². The Kier molecular flexibility index (Phi) is 5.16. The highest BCUT2D eigenvalue weighted by atomic mass is 16.5. The van der Waals surface area contributed by atoms with E-state index < -0.39 is 6.04 Å². The van der Waals surface area contributed by atoms with Crippen LogP contribution in [0.5, 0.6) is 0 Å². The average Bonchev–Trinajstić information content (AvgIpc) is 3.31. The minimum atomic E-state index is -0.517. The lowest BCUT2D eigenvalue weighted by atomic mass is 10.0. The summed E-state index contributed by atoms with van der Waals surface area (Å²) in [7, 11) is 1.36. The Bertz CT molecular complexity index is 454. The van der Waals surface area contributed by atoms with Crippen molar-refractivity contribution in [2.75, 3.05) is 7.11 Å². The standard InChI is InChI=1S/C16H21NO3/c1-20-16(19)14(17-15(18)13-10-11-13)9-5-8-12-6-3-2-4-7-12/h2-4,6-7,13-14H,5,8-11H2,1H3,(H,17,18)/t14-/m0/s1. The van der Waals surface area contributed by atoms with Gasteiger partial charge in [-0.15, -0.1) is 0 Å². The number of rotatable bonds is 7. The number of carbonyl (C=O) groups excluding carboxylic acids is 2. The molecule has 0 unspecified atom stereocenters. The van der Waals surface area contributed by atoms with Crippen molar-refractivity contribution in [3.05, 3.63) is 35.9 Å². The molecule has 4 heteroatoms. The third-order valence-electron chi connectivity index (χ3n) is 3.55. The number of hydrogen-bond donors (Lipinski definition) is 1. The Morgan fingerprint density at radius 3 is 2.60 bits per heavy atom. The summed E-state index contributed by atoms with van der Waals surface area (Å²) in [4.78, 5) is 23.4. The van der Waals surface area contributed by atoms with Crippen molar-refractivity contribution in [1.29, 1.82) is 0 Å². The van der Waals surface area contributed by atoms with Gasteiger partial charge in [0.15, 0.2) is 0 Å². The zero-order valence-electron chi connectivity index (χ0n) is 11.8. The topological polar surface area (TPSA) is 55.4 Å². The normalized spacial score (nSPS) is 15.4. The second-order valence-corrected chi connectivity index (χ2v) is 5.24. The van der Waals surface area contributed by atoms with Crippen molar-refractivity contribution in [2.24, 2.45) is 5.92 Å². The van der Waals surface area contributed by atoms with Gasteiger partial charge in [0.1, 0.15) is 6.04 Å². The number of nitrogens with one attached hydrogen (secondary N) is 1. The molecule has 0 aromatic heterocycles. The average molecular weight is 275 g/mol. The van der Waals surface area contributed by atoms with Gasteiger partial charge < -0.3 is 10.1 Å². The van der Waals surface area contributed by atoms with Crippen molar-refractivity contribution in [2.45, 2.75) is 38.1 Å². The Balaban J connectivity index is 1.80. The van der Waals surface area contributed by atoms with Crippen LogP contribution < -0.4 is 5.32 Å². The molecule has 1 aliphatic rings. The number of ether oxygens (including phenoxy) is 1. The van der Waals surface area contributed by atoms with E-state index in [0.717, 1.165) is 25.7 Å². The highest BCUT2D eigenvalue weighted by Crippen LogP contribution is 2.29. The monoisotopic (exact) mass is 275 g/mol. The molecule has 0 heterocycles. The first-order valence-corrected chi connectivity index (χ1v) is 7.13. The predicted octanol–water partition coefficient (Wildman–Crippen LogP) is 2.08. The molecular weight excluding hydrogens is 254 g/mol. The molecule has 1 aromatic carbocycles. The van der Waals surface area contributed by atoms with Crippen LogP contribution in [0.15, 0.2) is 30.3 Å². The molecule has 1 N–H and O–H groups in total. The van der Waals surface area contributed by atoms with Gasteiger partial charge in [-0.1, -0.05) is 30.3 Å². The van der Waals surface area contributed by atoms with Crippen LogP contribution in [-0.2, 0) is 20.7 Å². The SMILES string of the molecule is COC(=O)[C@H](CCCc1ccccc1)NC(=O)C1CC1. The molecule has 0 radical (unpaired) electrons. The van der Waals surface area contributed by atoms with Gasteiger partial charge in [-0.05, 0) is 37.7 Å². The maximum atomic E-state index is 11.8. The zero-order chi connectivity index (χ0) is 14.4. The van der Waals surface area contributed by atoms with Gasteiger partial charge >= 0.3 is 5.97 Å². The Labute approximate surface area is 119 Å². The summed E-state index contributed by atoms with van der Waals surface area (Å²) in [6.07, 6.45) is 4.22. The quantitative estimate of drug-likeness (QED) is 0.775. The molecule has 1 saturated carbocycles. The van der Waals surface area contributed by atoms with Crippen molar-refractivity contribution in [1.82, 2.24) is 5.32 Å². The molecule has 1 amide bonds. The van der Waals surface area contributed by atoms with Gasteiger partial charge in [-0.2, -0.15) is 0 Å². The lowest BCUT2D eigenvalue weighted by molar-refractivity contribution is -0.145. The lowest BCUT2D eigenvalue weighted by Crippen LogP contribution is -2.42. The molecule has 20 heavy (non-hydrogen) atoms. The van der Waals surface area contributed by atoms with E-state index in [9.17, 15) is 9.59 Å². The summed E-state index contributed by atoms with van der Waals surface area (Å²) >= 11 is 0. The molecule has 1 fully saturated rings. The number of methoxy groups -OCH3 is 1. The zero-order valence-corrected chi connectivity index (χ0v) is 11.8. The molecule has 0 bridgehead atoms. The Morgan fingerprint density at radius 1 is 1.30 bits per heavy atom. The molecule has 2 rings (SSSR count). The predicted molar refractivity (Wildman–Crippen MR) is 76.1 cm³/mol. The summed E-state index contributed by atoms with van der Waals surface area (Å²) in [5.41, 5.74) is 1.24. The Hall–Kier alpha value is -1.84. The minimum Gasteiger partial charge on any atom is -0.467 e. The first kappa shape index (κ1) is 14.6. The summed E-state index contributed by atoms with van der Waals surface area (Å²) < 4.78 is 4.76. The van der Waals surface area contributed by atoms with E-state index in [-0.39, 0.29) is 17.8 Å². The second kappa shape index (κ2) is 7.08. The van der Waals surface area contributed by atoms with Gasteiger partial charge in [0.2, 0.25) is 5.91 Å². The van der Waals surface area contributed by atoms with Crippen molar-refractivity contribution in [3.63, 3.8) is 0 Å². The van der Waals surface area contributed by atoms with Crippen LogP contribution >= 0.6 is 0 Å². The largest absolute Gasteiger partial charge is 0.467 e. The van der Waals surface area contributed by atoms with Gasteiger partial charge in [0, 0.05) is 5.92 Å². The fourth-order valence-electron chi connectivity index (χ4n) is 2.18. The first-order valence-electron chi connectivity index (χ1n) is 7.13. The summed E-state index contributed by atoms with van der Waals surface area (Å²) in [6.45, 7) is 0. The van der Waals surface area contributed by atoms with Crippen LogP contribution in [-0.4, -0.2) is 25.0 Å². The molecule has 0 aliphatic heterocycles. The highest BCUT2D eigenvalue weighted by molar-refractivity contribution is 5.86. The maximum absolute atomic E-state index is 11.8. The fourth-order valence-corrected chi connectivity index (χ4v) is 2.18. The third kappa shape index (κ3) is 4.37. The van der Waals surface area contributed by atoms with E-state index in [0.29, 0.717) is 6.42 Å². The number of hydrogen-bond acceptors (Lipinski definition) is 3. The van der Waals surface area contributed by atoms with Gasteiger partial charge in [-0.3, -0.25) is 4.79 Å². The summed E-state index contributed by atoms with van der Waals surface area (Å²) in [5, 5.41) is 2.80. The highest BCUT2D eigenvalue weighted by Gasteiger charge is 2.32. The van der Waals surface area contributed by atoms with Crippen LogP contribution in [0.4, 0.5) is 0 Å². The van der Waals surface area contributed by atoms with Crippen LogP contribution in [0.2, 0.25) is 0 Å². The number of esters is 1. The first-order chi connectivity index (χ1) is 9.70. The number of carbonyl (C=O) groups is 2. The van der Waals surface area contributed by atoms with Crippen molar-refractivity contribution < 1.29 is 14.3 Å². The second-order valence-electron chi connectivity index (χ2n) is 5.24. The van der Waals surface area contributed by atoms with Crippen LogP contribution in [0.1, 0.15) is 31.2 Å². The molecule has 1 atom stereocenters. The van der Waals surface area contributed by atoms with Crippen LogP contribution in [0.3, 0.4) is 0 Å². The van der Waals surface area contributed by atoms with Crippen LogP contribution in [0, 0.1) is 5.92 Å². The van der Waals surface area contributed by atoms with E-state index in [4.69, 9.17) is 4.74 Å². The van der Waals surface area contributed by atoms with Gasteiger partial charge in [-0.25, -0.2) is 4.79 Å². The maximum Gasteiger partial charge on any atom is 0.328 e. The van der Waals surface area contributed by atoms with Gasteiger partial charge in [0.25, 0.3) is 0 Å². The fraction of sp³-hybridized carbons (Fsp3) is 0.500. The smallest absolute Gasteiger partial charge is 0.328 e. The van der Waals surface area contributed by atoms with E-state index in [1.807, 2.05) is 18.2 Å². The number of aryl methyl sites for hydroxylation is 1. The molecular formula is C16H21NO3. The van der Waals surface area contributed by atoms with Crippen LogP contribution in [0.25, 0.3) is 0 Å². The number of amides is 1. The molecule has 0 saturated heterocycles. The van der Waals surface area contributed by atoms with E-state index in [2.05, 4.69) is 17.4 Å². The third-order valence-corrected chi connectivity index (χ3v) is 3.55.